The third kappa shape index (κ3) is 5.06. The highest BCUT2D eigenvalue weighted by atomic mass is 35.5. The first-order valence-corrected chi connectivity index (χ1v) is 11.9. The Balaban J connectivity index is 1.46. The lowest BCUT2D eigenvalue weighted by Crippen LogP contribution is -2.32. The molecule has 1 aliphatic rings. The van der Waals surface area contributed by atoms with Gasteiger partial charge in [0.05, 0.1) is 17.7 Å². The number of ether oxygens (including phenoxy) is 1. The molecular formula is C24H22ClNO5S. The van der Waals surface area contributed by atoms with Crippen molar-refractivity contribution in [2.24, 2.45) is 0 Å². The molecule has 0 N–H and O–H groups in total. The van der Waals surface area contributed by atoms with Crippen LogP contribution in [0.15, 0.2) is 77.7 Å². The molecule has 1 fully saturated rings. The number of methoxy groups -OCH3 is 1. The zero-order chi connectivity index (χ0) is 22.7. The van der Waals surface area contributed by atoms with Crippen LogP contribution in [-0.2, 0) is 16.7 Å². The largest absolute Gasteiger partial charge is 0.497 e. The highest BCUT2D eigenvalue weighted by Crippen LogP contribution is 2.31. The van der Waals surface area contributed by atoms with Gasteiger partial charge in [0.25, 0.3) is 5.91 Å². The highest BCUT2D eigenvalue weighted by molar-refractivity contribution is 7.87. The predicted octanol–water partition coefficient (Wildman–Crippen LogP) is 4.92. The maximum Gasteiger partial charge on any atom is 0.339 e. The van der Waals surface area contributed by atoms with Gasteiger partial charge in [0.2, 0.25) is 0 Å². The Morgan fingerprint density at radius 1 is 0.969 bits per heavy atom. The fraction of sp³-hybridized carbons (Fsp3) is 0.208. The zero-order valence-corrected chi connectivity index (χ0v) is 19.0. The number of hydrogen-bond donors (Lipinski definition) is 0. The van der Waals surface area contributed by atoms with Crippen molar-refractivity contribution in [2.75, 3.05) is 7.11 Å². The van der Waals surface area contributed by atoms with Gasteiger partial charge in [-0.25, -0.2) is 0 Å². The molecule has 166 valence electrons. The molecule has 4 rings (SSSR count). The monoisotopic (exact) mass is 471 g/mol. The van der Waals surface area contributed by atoms with Crippen LogP contribution in [-0.4, -0.2) is 32.4 Å². The van der Waals surface area contributed by atoms with Gasteiger partial charge in [-0.3, -0.25) is 4.79 Å². The van der Waals surface area contributed by atoms with E-state index in [2.05, 4.69) is 0 Å². The van der Waals surface area contributed by atoms with Gasteiger partial charge in [-0.05, 0) is 66.9 Å². The maximum atomic E-state index is 13.0. The van der Waals surface area contributed by atoms with Crippen molar-refractivity contribution < 1.29 is 22.1 Å². The lowest BCUT2D eigenvalue weighted by atomic mass is 10.1. The van der Waals surface area contributed by atoms with Gasteiger partial charge in [-0.1, -0.05) is 35.9 Å². The second-order valence-electron chi connectivity index (χ2n) is 7.50. The molecule has 1 saturated carbocycles. The van der Waals surface area contributed by atoms with E-state index in [0.29, 0.717) is 22.9 Å². The maximum absolute atomic E-state index is 13.0. The minimum Gasteiger partial charge on any atom is -0.497 e. The number of halogens is 1. The lowest BCUT2D eigenvalue weighted by Gasteiger charge is -2.23. The molecule has 0 aliphatic heterocycles. The first kappa shape index (κ1) is 22.2. The fourth-order valence-electron chi connectivity index (χ4n) is 3.31. The molecule has 1 aliphatic carbocycles. The number of amides is 1. The van der Waals surface area contributed by atoms with Crippen LogP contribution in [0.5, 0.6) is 11.5 Å². The van der Waals surface area contributed by atoms with Gasteiger partial charge in [-0.2, -0.15) is 8.42 Å². The second kappa shape index (κ2) is 9.22. The van der Waals surface area contributed by atoms with Crippen LogP contribution >= 0.6 is 11.6 Å². The summed E-state index contributed by atoms with van der Waals surface area (Å²) in [5.74, 6) is 0.639. The van der Waals surface area contributed by atoms with E-state index in [4.69, 9.17) is 20.5 Å². The quantitative estimate of drug-likeness (QED) is 0.436. The molecule has 8 heteroatoms. The third-order valence-corrected chi connectivity index (χ3v) is 6.77. The van der Waals surface area contributed by atoms with Crippen LogP contribution in [0, 0.1) is 0 Å². The number of rotatable bonds is 8. The van der Waals surface area contributed by atoms with Crippen molar-refractivity contribution in [3.8, 4) is 11.5 Å². The molecule has 0 bridgehead atoms. The van der Waals surface area contributed by atoms with Crippen molar-refractivity contribution in [2.45, 2.75) is 30.3 Å². The van der Waals surface area contributed by atoms with Gasteiger partial charge in [0, 0.05) is 12.6 Å². The van der Waals surface area contributed by atoms with Crippen molar-refractivity contribution in [3.63, 3.8) is 0 Å². The first-order valence-electron chi connectivity index (χ1n) is 10.1. The molecular weight excluding hydrogens is 450 g/mol. The van der Waals surface area contributed by atoms with Gasteiger partial charge in [-0.15, -0.1) is 0 Å². The van der Waals surface area contributed by atoms with Crippen LogP contribution in [0.25, 0.3) is 0 Å². The second-order valence-corrected chi connectivity index (χ2v) is 9.45. The lowest BCUT2D eigenvalue weighted by molar-refractivity contribution is 0.0730. The molecule has 32 heavy (non-hydrogen) atoms. The minimum atomic E-state index is -3.97. The van der Waals surface area contributed by atoms with Crippen LogP contribution < -0.4 is 8.92 Å². The summed E-state index contributed by atoms with van der Waals surface area (Å²) in [6.45, 7) is 0.403. The van der Waals surface area contributed by atoms with E-state index >= 15 is 0 Å². The molecule has 0 saturated heterocycles. The first-order chi connectivity index (χ1) is 15.4. The summed E-state index contributed by atoms with van der Waals surface area (Å²) in [6.07, 6.45) is 1.91. The van der Waals surface area contributed by atoms with Crippen LogP contribution in [0.4, 0.5) is 0 Å². The van der Waals surface area contributed by atoms with Crippen LogP contribution in [0.3, 0.4) is 0 Å². The third-order valence-electron chi connectivity index (χ3n) is 5.18. The van der Waals surface area contributed by atoms with E-state index in [1.807, 2.05) is 4.90 Å². The summed E-state index contributed by atoms with van der Waals surface area (Å²) in [5, 5.41) is 0.427. The summed E-state index contributed by atoms with van der Waals surface area (Å²) in [7, 11) is -2.46. The van der Waals surface area contributed by atoms with E-state index in [-0.39, 0.29) is 22.6 Å². The minimum absolute atomic E-state index is 0.0348. The standard InChI is InChI=1S/C24H22ClNO5S/c1-30-19-12-14-21(15-13-19)32(28,29)31-20-10-6-17(7-11-20)16-26(18-8-9-18)24(27)22-4-2-3-5-23(22)25/h2-7,10-15,18H,8-9,16H2,1H3. The summed E-state index contributed by atoms with van der Waals surface area (Å²) < 4.78 is 35.3. The number of hydrogen-bond acceptors (Lipinski definition) is 5. The Kier molecular flexibility index (Phi) is 6.39. The van der Waals surface area contributed by atoms with E-state index in [1.54, 1.807) is 60.7 Å². The number of carbonyl (C=O) groups excluding carboxylic acids is 1. The van der Waals surface area contributed by atoms with Gasteiger partial charge in [0.1, 0.15) is 16.4 Å². The molecule has 0 radical (unpaired) electrons. The molecule has 0 unspecified atom stereocenters. The van der Waals surface area contributed by atoms with Crippen molar-refractivity contribution in [1.82, 2.24) is 4.90 Å². The van der Waals surface area contributed by atoms with Gasteiger partial charge < -0.3 is 13.8 Å². The molecule has 0 aromatic heterocycles. The number of benzene rings is 3. The Labute approximate surface area is 192 Å². The fourth-order valence-corrected chi connectivity index (χ4v) is 4.45. The van der Waals surface area contributed by atoms with Crippen LogP contribution in [0.2, 0.25) is 5.02 Å². The Bertz CT molecular complexity index is 1210. The molecule has 6 nitrogen and oxygen atoms in total. The van der Waals surface area contributed by atoms with E-state index in [0.717, 1.165) is 18.4 Å². The smallest absolute Gasteiger partial charge is 0.339 e. The van der Waals surface area contributed by atoms with E-state index < -0.39 is 10.1 Å². The summed E-state index contributed by atoms with van der Waals surface area (Å²) in [5.41, 5.74) is 1.35. The van der Waals surface area contributed by atoms with Crippen LogP contribution in [0.1, 0.15) is 28.8 Å². The SMILES string of the molecule is COc1ccc(S(=O)(=O)Oc2ccc(CN(C(=O)c3ccccc3Cl)C3CC3)cc2)cc1. The predicted molar refractivity (Wildman–Crippen MR) is 122 cm³/mol. The van der Waals surface area contributed by atoms with E-state index in [1.165, 1.54) is 19.2 Å². The van der Waals surface area contributed by atoms with Gasteiger partial charge in [0.15, 0.2) is 0 Å². The van der Waals surface area contributed by atoms with E-state index in [9.17, 15) is 13.2 Å². The normalized spacial score (nSPS) is 13.4. The number of carbonyl (C=O) groups is 1. The molecule has 1 amide bonds. The molecule has 3 aromatic carbocycles. The zero-order valence-electron chi connectivity index (χ0n) is 17.4. The average molecular weight is 472 g/mol. The number of nitrogens with zero attached hydrogens (tertiary/aromatic N) is 1. The molecule has 0 spiro atoms. The van der Waals surface area contributed by atoms with Crippen molar-refractivity contribution in [3.05, 3.63) is 88.9 Å². The van der Waals surface area contributed by atoms with Crippen molar-refractivity contribution in [1.29, 1.82) is 0 Å². The Hall–Kier alpha value is -3.03. The molecule has 0 atom stereocenters. The summed E-state index contributed by atoms with van der Waals surface area (Å²) >= 11 is 6.21. The molecule has 3 aromatic rings. The van der Waals surface area contributed by atoms with Gasteiger partial charge >= 0.3 is 10.1 Å². The average Bonchev–Trinajstić information content (AvgIpc) is 3.63. The summed E-state index contributed by atoms with van der Waals surface area (Å²) in [6, 6.07) is 19.8. The Morgan fingerprint density at radius 2 is 1.59 bits per heavy atom. The topological polar surface area (TPSA) is 72.9 Å². The van der Waals surface area contributed by atoms with Crippen molar-refractivity contribution >= 4 is 27.6 Å². The summed E-state index contributed by atoms with van der Waals surface area (Å²) in [4.78, 5) is 14.9. The molecule has 0 heterocycles. The highest BCUT2D eigenvalue weighted by Gasteiger charge is 2.33. The Morgan fingerprint density at radius 3 is 2.19 bits per heavy atom.